The predicted molar refractivity (Wildman–Crippen MR) is 107 cm³/mol. The van der Waals surface area contributed by atoms with Gasteiger partial charge in [0.1, 0.15) is 6.61 Å². The molecule has 1 aliphatic heterocycles. The molecule has 0 radical (unpaired) electrons. The zero-order valence-electron chi connectivity index (χ0n) is 16.0. The van der Waals surface area contributed by atoms with Crippen molar-refractivity contribution in [2.75, 3.05) is 6.54 Å². The predicted octanol–water partition coefficient (Wildman–Crippen LogP) is 5.37. The van der Waals surface area contributed by atoms with Gasteiger partial charge in [-0.1, -0.05) is 74.0 Å². The first kappa shape index (κ1) is 20.5. The van der Waals surface area contributed by atoms with Gasteiger partial charge in [-0.15, -0.1) is 0 Å². The molecule has 1 amide bonds. The van der Waals surface area contributed by atoms with Gasteiger partial charge < -0.3 is 10.2 Å². The molecule has 1 aliphatic rings. The van der Waals surface area contributed by atoms with Crippen molar-refractivity contribution >= 4 is 11.6 Å². The molecule has 1 aromatic carbocycles. The van der Waals surface area contributed by atoms with E-state index >= 15 is 0 Å². The van der Waals surface area contributed by atoms with Crippen LogP contribution in [0.4, 0.5) is 0 Å². The van der Waals surface area contributed by atoms with Crippen LogP contribution in [0.2, 0.25) is 0 Å². The van der Waals surface area contributed by atoms with Crippen molar-refractivity contribution in [2.24, 2.45) is 5.16 Å². The summed E-state index contributed by atoms with van der Waals surface area (Å²) in [6.07, 6.45) is 13.3. The Labute approximate surface area is 158 Å². The molecule has 1 N–H and O–H groups in total. The molecule has 0 unspecified atom stereocenters. The zero-order valence-corrected chi connectivity index (χ0v) is 16.0. The van der Waals surface area contributed by atoms with E-state index in [1.165, 1.54) is 44.9 Å². The van der Waals surface area contributed by atoms with Gasteiger partial charge in [0, 0.05) is 13.0 Å². The molecule has 1 saturated heterocycles. The summed E-state index contributed by atoms with van der Waals surface area (Å²) in [5.74, 6) is 0.191. The maximum atomic E-state index is 11.8. The molecular weight excluding hydrogens is 324 g/mol. The number of nitrogens with one attached hydrogen (secondary N) is 1. The van der Waals surface area contributed by atoms with Crippen LogP contribution in [-0.2, 0) is 16.2 Å². The number of amides is 1. The Balaban J connectivity index is 1.79. The van der Waals surface area contributed by atoms with Crippen molar-refractivity contribution in [1.82, 2.24) is 5.32 Å². The third-order valence-corrected chi connectivity index (χ3v) is 4.85. The highest BCUT2D eigenvalue weighted by atomic mass is 16.6. The Morgan fingerprint density at radius 2 is 1.42 bits per heavy atom. The maximum Gasteiger partial charge on any atom is 0.219 e. The van der Waals surface area contributed by atoms with E-state index in [4.69, 9.17) is 4.84 Å². The third-order valence-electron chi connectivity index (χ3n) is 4.85. The number of rotatable bonds is 3. The van der Waals surface area contributed by atoms with Crippen LogP contribution in [0.1, 0.15) is 82.6 Å². The van der Waals surface area contributed by atoms with E-state index in [1.54, 1.807) is 0 Å². The summed E-state index contributed by atoms with van der Waals surface area (Å²) in [5, 5.41) is 7.44. The van der Waals surface area contributed by atoms with E-state index in [0.29, 0.717) is 13.0 Å². The van der Waals surface area contributed by atoms with Gasteiger partial charge in [-0.05, 0) is 37.7 Å². The normalized spacial score (nSPS) is 20.5. The summed E-state index contributed by atoms with van der Waals surface area (Å²) in [7, 11) is 0. The minimum atomic E-state index is 0.191. The van der Waals surface area contributed by atoms with Crippen LogP contribution in [0.3, 0.4) is 0 Å². The van der Waals surface area contributed by atoms with Gasteiger partial charge >= 0.3 is 0 Å². The molecule has 4 nitrogen and oxygen atoms in total. The second kappa shape index (κ2) is 13.4. The van der Waals surface area contributed by atoms with Crippen LogP contribution >= 0.6 is 0 Å². The first-order chi connectivity index (χ1) is 12.8. The van der Waals surface area contributed by atoms with Gasteiger partial charge in [-0.25, -0.2) is 0 Å². The monoisotopic (exact) mass is 358 g/mol. The van der Waals surface area contributed by atoms with Crippen molar-refractivity contribution in [2.45, 2.75) is 83.7 Å². The number of carbonyl (C=O) groups is 1. The van der Waals surface area contributed by atoms with Crippen LogP contribution in [-0.4, -0.2) is 18.2 Å². The lowest BCUT2D eigenvalue weighted by Crippen LogP contribution is -2.24. The second-order valence-electron chi connectivity index (χ2n) is 7.20. The van der Waals surface area contributed by atoms with Crippen molar-refractivity contribution in [3.05, 3.63) is 35.9 Å². The molecule has 0 aromatic heterocycles. The maximum absolute atomic E-state index is 11.8. The van der Waals surface area contributed by atoms with Gasteiger partial charge in [0.25, 0.3) is 0 Å². The van der Waals surface area contributed by atoms with Crippen molar-refractivity contribution < 1.29 is 9.63 Å². The summed E-state index contributed by atoms with van der Waals surface area (Å²) < 4.78 is 0. The molecule has 1 aromatic rings. The molecule has 0 bridgehead atoms. The van der Waals surface area contributed by atoms with Crippen molar-refractivity contribution in [3.8, 4) is 0 Å². The zero-order chi connectivity index (χ0) is 18.3. The van der Waals surface area contributed by atoms with Crippen LogP contribution in [0, 0.1) is 0 Å². The van der Waals surface area contributed by atoms with Gasteiger partial charge in [0.15, 0.2) is 0 Å². The Hall–Kier alpha value is -1.84. The quantitative estimate of drug-likeness (QED) is 0.738. The molecular formula is C22H34N2O2. The van der Waals surface area contributed by atoms with Crippen LogP contribution in [0.5, 0.6) is 0 Å². The molecule has 2 rings (SSSR count). The molecule has 26 heavy (non-hydrogen) atoms. The highest BCUT2D eigenvalue weighted by molar-refractivity contribution is 5.84. The van der Waals surface area contributed by atoms with E-state index in [0.717, 1.165) is 43.5 Å². The minimum absolute atomic E-state index is 0.191. The Morgan fingerprint density at radius 3 is 2.15 bits per heavy atom. The van der Waals surface area contributed by atoms with Gasteiger partial charge in [-0.2, -0.15) is 0 Å². The summed E-state index contributed by atoms with van der Waals surface area (Å²) in [5.41, 5.74) is 2.26. The largest absolute Gasteiger partial charge is 0.391 e. The van der Waals surface area contributed by atoms with E-state index in [-0.39, 0.29) is 5.91 Å². The lowest BCUT2D eigenvalue weighted by atomic mass is 10.0. The van der Waals surface area contributed by atoms with Gasteiger partial charge in [-0.3, -0.25) is 4.79 Å². The first-order valence-corrected chi connectivity index (χ1v) is 10.3. The summed E-state index contributed by atoms with van der Waals surface area (Å²) in [6.45, 7) is 1.25. The molecule has 1 heterocycles. The second-order valence-corrected chi connectivity index (χ2v) is 7.20. The lowest BCUT2D eigenvalue weighted by molar-refractivity contribution is -0.121. The molecule has 1 fully saturated rings. The number of benzene rings is 1. The third kappa shape index (κ3) is 9.59. The average Bonchev–Trinajstić information content (AvgIpc) is 2.66. The average molecular weight is 359 g/mol. The highest BCUT2D eigenvalue weighted by Crippen LogP contribution is 2.13. The molecule has 144 valence electrons. The van der Waals surface area contributed by atoms with Crippen LogP contribution in [0.25, 0.3) is 0 Å². The first-order valence-electron chi connectivity index (χ1n) is 10.3. The van der Waals surface area contributed by atoms with Crippen LogP contribution < -0.4 is 5.32 Å². The topological polar surface area (TPSA) is 50.7 Å². The van der Waals surface area contributed by atoms with Gasteiger partial charge in [0.2, 0.25) is 5.91 Å². The van der Waals surface area contributed by atoms with Gasteiger partial charge in [0.05, 0.1) is 5.71 Å². The van der Waals surface area contributed by atoms with E-state index < -0.39 is 0 Å². The number of hydrogen-bond donors (Lipinski definition) is 1. The summed E-state index contributed by atoms with van der Waals surface area (Å²) >= 11 is 0. The molecule has 0 saturated carbocycles. The highest BCUT2D eigenvalue weighted by Gasteiger charge is 2.05. The fourth-order valence-corrected chi connectivity index (χ4v) is 3.27. The molecule has 0 atom stereocenters. The summed E-state index contributed by atoms with van der Waals surface area (Å²) in [4.78, 5) is 17.4. The van der Waals surface area contributed by atoms with Crippen molar-refractivity contribution in [3.63, 3.8) is 0 Å². The van der Waals surface area contributed by atoms with E-state index in [9.17, 15) is 4.79 Å². The SMILES string of the molecule is O=C1CCCCCCCCCC/C(=N/OCc2ccccc2)CCCN1. The number of nitrogens with zero attached hydrogens (tertiary/aromatic N) is 1. The minimum Gasteiger partial charge on any atom is -0.391 e. The van der Waals surface area contributed by atoms with E-state index in [1.807, 2.05) is 18.2 Å². The molecule has 0 spiro atoms. The van der Waals surface area contributed by atoms with E-state index in [2.05, 4.69) is 22.6 Å². The fourth-order valence-electron chi connectivity index (χ4n) is 3.27. The van der Waals surface area contributed by atoms with Crippen molar-refractivity contribution in [1.29, 1.82) is 0 Å². The van der Waals surface area contributed by atoms with Crippen LogP contribution in [0.15, 0.2) is 35.5 Å². The number of carbonyl (C=O) groups excluding carboxylic acids is 1. The standard InChI is InChI=1S/C22H34N2O2/c25-22-17-11-6-4-2-1-3-5-10-15-21(16-12-18-23-22)24-26-19-20-13-8-7-9-14-20/h7-9,13-14H,1-6,10-12,15-19H2,(H,23,25)/b24-21-. The smallest absolute Gasteiger partial charge is 0.219 e. The molecule has 4 heteroatoms. The molecule has 0 aliphatic carbocycles. The Morgan fingerprint density at radius 1 is 0.808 bits per heavy atom. The fraction of sp³-hybridized carbons (Fsp3) is 0.636. The Kier molecular flexibility index (Phi) is 10.5. The summed E-state index contributed by atoms with van der Waals surface area (Å²) in [6, 6.07) is 10.1. The number of hydrogen-bond acceptors (Lipinski definition) is 3. The Bertz CT molecular complexity index is 528. The lowest BCUT2D eigenvalue weighted by Gasteiger charge is -2.10. The number of oxime groups is 1.